The lowest BCUT2D eigenvalue weighted by Crippen LogP contribution is -2.17. The number of ether oxygens (including phenoxy) is 1. The molecule has 0 unspecified atom stereocenters. The summed E-state index contributed by atoms with van der Waals surface area (Å²) >= 11 is 3.18. The Kier molecular flexibility index (Phi) is 6.05. The summed E-state index contributed by atoms with van der Waals surface area (Å²) in [6.45, 7) is 1.93. The lowest BCUT2D eigenvalue weighted by molar-refractivity contribution is 0.415. The number of thioether (sulfide) groups is 1. The highest BCUT2D eigenvalue weighted by molar-refractivity contribution is 8.01. The largest absolute Gasteiger partial charge is 0.497 e. The fraction of sp³-hybridized carbons (Fsp3) is 0.278. The predicted molar refractivity (Wildman–Crippen MR) is 110 cm³/mol. The van der Waals surface area contributed by atoms with Gasteiger partial charge in [-0.05, 0) is 49.2 Å². The molecule has 0 aliphatic carbocycles. The first-order chi connectivity index (χ1) is 12.4. The molecule has 1 heterocycles. The molecule has 3 rings (SSSR count). The van der Waals surface area contributed by atoms with Crippen LogP contribution >= 0.6 is 23.1 Å². The highest BCUT2D eigenvalue weighted by Crippen LogP contribution is 2.32. The second-order valence-electron chi connectivity index (χ2n) is 5.81. The summed E-state index contributed by atoms with van der Waals surface area (Å²) in [5, 5.41) is 0. The fourth-order valence-corrected chi connectivity index (χ4v) is 5.82. The number of benzene rings is 2. The van der Waals surface area contributed by atoms with Gasteiger partial charge in [0.1, 0.15) is 5.75 Å². The van der Waals surface area contributed by atoms with Crippen molar-refractivity contribution in [1.82, 2.24) is 4.98 Å². The topological polar surface area (TPSA) is 68.3 Å². The van der Waals surface area contributed by atoms with Crippen molar-refractivity contribution in [2.75, 3.05) is 23.3 Å². The van der Waals surface area contributed by atoms with Gasteiger partial charge in [-0.15, -0.1) is 11.3 Å². The molecule has 1 aromatic heterocycles. The minimum absolute atomic E-state index is 0.0899. The van der Waals surface area contributed by atoms with Gasteiger partial charge in [-0.25, -0.2) is 13.4 Å². The quantitative estimate of drug-likeness (QED) is 0.438. The van der Waals surface area contributed by atoms with Gasteiger partial charge in [-0.3, -0.25) is 4.72 Å². The van der Waals surface area contributed by atoms with E-state index in [0.29, 0.717) is 17.9 Å². The van der Waals surface area contributed by atoms with Crippen molar-refractivity contribution in [3.05, 3.63) is 48.0 Å². The Morgan fingerprint density at radius 1 is 1.23 bits per heavy atom. The fourth-order valence-electron chi connectivity index (χ4n) is 2.42. The number of fused-ring (bicyclic) bond motifs is 1. The van der Waals surface area contributed by atoms with Crippen LogP contribution in [0.15, 0.2) is 46.8 Å². The zero-order valence-corrected chi connectivity index (χ0v) is 17.0. The Morgan fingerprint density at radius 3 is 2.85 bits per heavy atom. The van der Waals surface area contributed by atoms with Crippen molar-refractivity contribution in [2.45, 2.75) is 17.7 Å². The zero-order valence-electron chi connectivity index (χ0n) is 14.6. The maximum atomic E-state index is 12.2. The van der Waals surface area contributed by atoms with E-state index in [1.165, 1.54) is 0 Å². The second kappa shape index (κ2) is 8.28. The summed E-state index contributed by atoms with van der Waals surface area (Å²) in [5.41, 5.74) is 2.57. The van der Waals surface area contributed by atoms with E-state index in [0.717, 1.165) is 25.9 Å². The average molecular weight is 409 g/mol. The monoisotopic (exact) mass is 408 g/mol. The number of methoxy groups -OCH3 is 1. The van der Waals surface area contributed by atoms with Gasteiger partial charge < -0.3 is 4.74 Å². The molecule has 2 aromatic carbocycles. The van der Waals surface area contributed by atoms with Gasteiger partial charge in [0.15, 0.2) is 4.34 Å². The summed E-state index contributed by atoms with van der Waals surface area (Å²) in [6, 6.07) is 13.1. The van der Waals surface area contributed by atoms with Crippen molar-refractivity contribution < 1.29 is 13.2 Å². The number of anilines is 1. The number of rotatable bonds is 8. The number of hydrogen-bond donors (Lipinski definition) is 1. The third-order valence-electron chi connectivity index (χ3n) is 3.65. The number of nitrogens with zero attached hydrogens (tertiary/aromatic N) is 1. The maximum Gasteiger partial charge on any atom is 0.232 e. The summed E-state index contributed by atoms with van der Waals surface area (Å²) in [4.78, 5) is 4.56. The van der Waals surface area contributed by atoms with Crippen molar-refractivity contribution in [2.24, 2.45) is 0 Å². The zero-order chi connectivity index (χ0) is 18.6. The molecule has 0 aliphatic heterocycles. The van der Waals surface area contributed by atoms with E-state index in [4.69, 9.17) is 4.74 Å². The van der Waals surface area contributed by atoms with Gasteiger partial charge in [0.05, 0.1) is 23.1 Å². The standard InChI is InChI=1S/C18H20N2O3S3/c1-13-5-3-6-14(11-13)20-26(21,22)10-4-9-24-18-19-16-8-7-15(23-2)12-17(16)25-18/h3,5-8,11-12,20H,4,9-10H2,1-2H3. The summed E-state index contributed by atoms with van der Waals surface area (Å²) in [7, 11) is -1.69. The van der Waals surface area contributed by atoms with Crippen LogP contribution in [0, 0.1) is 6.92 Å². The molecular formula is C18H20N2O3S3. The van der Waals surface area contributed by atoms with E-state index >= 15 is 0 Å². The first kappa shape index (κ1) is 19.0. The molecule has 0 saturated carbocycles. The predicted octanol–water partition coefficient (Wildman–Crippen LogP) is 4.54. The molecule has 8 heteroatoms. The van der Waals surface area contributed by atoms with Crippen LogP contribution in [0.25, 0.3) is 10.2 Å². The van der Waals surface area contributed by atoms with Crippen molar-refractivity contribution in [3.8, 4) is 5.75 Å². The Balaban J connectivity index is 1.51. The van der Waals surface area contributed by atoms with E-state index in [9.17, 15) is 8.42 Å². The van der Waals surface area contributed by atoms with Crippen LogP contribution in [-0.4, -0.2) is 32.0 Å². The molecule has 0 radical (unpaired) electrons. The van der Waals surface area contributed by atoms with E-state index < -0.39 is 10.0 Å². The number of sulfonamides is 1. The maximum absolute atomic E-state index is 12.2. The van der Waals surface area contributed by atoms with Crippen LogP contribution in [-0.2, 0) is 10.0 Å². The van der Waals surface area contributed by atoms with Crippen LogP contribution in [0.2, 0.25) is 0 Å². The molecule has 5 nitrogen and oxygen atoms in total. The van der Waals surface area contributed by atoms with Gasteiger partial charge in [0.2, 0.25) is 10.0 Å². The van der Waals surface area contributed by atoms with Gasteiger partial charge >= 0.3 is 0 Å². The number of aromatic nitrogens is 1. The normalized spacial score (nSPS) is 11.6. The third kappa shape index (κ3) is 5.12. The molecular weight excluding hydrogens is 388 g/mol. The Hall–Kier alpha value is -1.77. The molecule has 26 heavy (non-hydrogen) atoms. The molecule has 3 aromatic rings. The molecule has 0 amide bonds. The second-order valence-corrected chi connectivity index (χ2v) is 10.0. The molecule has 0 spiro atoms. The Labute approximate surface area is 161 Å². The van der Waals surface area contributed by atoms with Gasteiger partial charge in [-0.1, -0.05) is 23.9 Å². The molecule has 0 aliphatic rings. The van der Waals surface area contributed by atoms with E-state index in [-0.39, 0.29) is 5.75 Å². The summed E-state index contributed by atoms with van der Waals surface area (Å²) in [5.74, 6) is 1.60. The molecule has 0 fully saturated rings. The van der Waals surface area contributed by atoms with Crippen molar-refractivity contribution >= 4 is 49.0 Å². The third-order valence-corrected chi connectivity index (χ3v) is 7.27. The Bertz CT molecular complexity index is 1000. The van der Waals surface area contributed by atoms with Gasteiger partial charge in [-0.2, -0.15) is 0 Å². The number of hydrogen-bond acceptors (Lipinski definition) is 6. The number of thiazole rings is 1. The van der Waals surface area contributed by atoms with Crippen LogP contribution in [0.5, 0.6) is 5.75 Å². The van der Waals surface area contributed by atoms with Crippen LogP contribution < -0.4 is 9.46 Å². The highest BCUT2D eigenvalue weighted by Gasteiger charge is 2.11. The van der Waals surface area contributed by atoms with Crippen LogP contribution in [0.3, 0.4) is 0 Å². The van der Waals surface area contributed by atoms with E-state index in [1.807, 2.05) is 43.3 Å². The lowest BCUT2D eigenvalue weighted by atomic mass is 10.2. The Morgan fingerprint density at radius 2 is 2.08 bits per heavy atom. The van der Waals surface area contributed by atoms with Crippen LogP contribution in [0.4, 0.5) is 5.69 Å². The van der Waals surface area contributed by atoms with Crippen LogP contribution in [0.1, 0.15) is 12.0 Å². The van der Waals surface area contributed by atoms with E-state index in [1.54, 1.807) is 36.3 Å². The first-order valence-electron chi connectivity index (χ1n) is 8.10. The molecule has 0 bridgehead atoms. The van der Waals surface area contributed by atoms with Gasteiger partial charge in [0, 0.05) is 11.4 Å². The number of nitrogens with one attached hydrogen (secondary N) is 1. The molecule has 1 N–H and O–H groups in total. The number of aryl methyl sites for hydroxylation is 1. The smallest absolute Gasteiger partial charge is 0.232 e. The highest BCUT2D eigenvalue weighted by atomic mass is 32.2. The molecule has 138 valence electrons. The van der Waals surface area contributed by atoms with Crippen molar-refractivity contribution in [3.63, 3.8) is 0 Å². The van der Waals surface area contributed by atoms with Gasteiger partial charge in [0.25, 0.3) is 0 Å². The average Bonchev–Trinajstić information content (AvgIpc) is 3.00. The lowest BCUT2D eigenvalue weighted by Gasteiger charge is -2.08. The van der Waals surface area contributed by atoms with Crippen molar-refractivity contribution in [1.29, 1.82) is 0 Å². The van der Waals surface area contributed by atoms with E-state index in [2.05, 4.69) is 9.71 Å². The molecule has 0 saturated heterocycles. The first-order valence-corrected chi connectivity index (χ1v) is 11.6. The summed E-state index contributed by atoms with van der Waals surface area (Å²) in [6.07, 6.45) is 0.561. The molecule has 0 atom stereocenters. The minimum Gasteiger partial charge on any atom is -0.497 e. The SMILES string of the molecule is COc1ccc2nc(SCCCS(=O)(=O)Nc3cccc(C)c3)sc2c1. The minimum atomic E-state index is -3.34. The summed E-state index contributed by atoms with van der Waals surface area (Å²) < 4.78 is 34.2.